The topological polar surface area (TPSA) is 161 Å². The number of rotatable bonds is 8. The Kier molecular flexibility index (Phi) is 9.19. The third-order valence-corrected chi connectivity index (χ3v) is 7.23. The maximum atomic E-state index is 13.8. The predicted octanol–water partition coefficient (Wildman–Crippen LogP) is 5.71. The monoisotopic (exact) mass is 627 g/mol. The zero-order chi connectivity index (χ0) is 31.5. The van der Waals surface area contributed by atoms with Crippen molar-refractivity contribution >= 4 is 63.9 Å². The molecule has 1 aliphatic rings. The molecule has 1 aliphatic heterocycles. The van der Waals surface area contributed by atoms with Crippen LogP contribution in [-0.2, 0) is 4.79 Å². The van der Waals surface area contributed by atoms with Gasteiger partial charge in [0.2, 0.25) is 0 Å². The van der Waals surface area contributed by atoms with Crippen molar-refractivity contribution in [2.24, 2.45) is 5.10 Å². The van der Waals surface area contributed by atoms with E-state index in [4.69, 9.17) is 23.2 Å². The Bertz CT molecular complexity index is 1600. The molecule has 1 fully saturated rings. The quantitative estimate of drug-likeness (QED) is 0.125. The van der Waals surface area contributed by atoms with E-state index in [0.29, 0.717) is 32.1 Å². The first kappa shape index (κ1) is 31.2. The van der Waals surface area contributed by atoms with E-state index in [1.807, 2.05) is 0 Å². The van der Waals surface area contributed by atoms with Gasteiger partial charge < -0.3 is 10.2 Å². The van der Waals surface area contributed by atoms with Gasteiger partial charge in [-0.15, -0.1) is 0 Å². The molecule has 3 N–H and O–H groups in total. The molecule has 0 spiro atoms. The van der Waals surface area contributed by atoms with E-state index in [1.54, 1.807) is 57.2 Å². The summed E-state index contributed by atoms with van der Waals surface area (Å²) < 4.78 is 0. The number of non-ortho nitro benzene ring substituents is 1. The number of amides is 5. The highest BCUT2D eigenvalue weighted by Gasteiger charge is 2.56. The van der Waals surface area contributed by atoms with E-state index >= 15 is 0 Å². The second-order valence-electron chi connectivity index (χ2n) is 10.1. The van der Waals surface area contributed by atoms with Gasteiger partial charge in [-0.25, -0.2) is 15.0 Å². The number of hydrogen-bond acceptors (Lipinski definition) is 7. The van der Waals surface area contributed by atoms with E-state index < -0.39 is 41.1 Å². The van der Waals surface area contributed by atoms with Crippen LogP contribution in [0.5, 0.6) is 0 Å². The second kappa shape index (κ2) is 12.7. The molecule has 3 aromatic rings. The molecule has 13 nitrogen and oxygen atoms in total. The van der Waals surface area contributed by atoms with Crippen LogP contribution in [0.3, 0.4) is 0 Å². The molecule has 1 atom stereocenters. The minimum absolute atomic E-state index is 0.0895. The third-order valence-electron chi connectivity index (χ3n) is 6.76. The molecule has 0 aliphatic carbocycles. The van der Waals surface area contributed by atoms with Gasteiger partial charge >= 0.3 is 12.1 Å². The summed E-state index contributed by atoms with van der Waals surface area (Å²) in [6.07, 6.45) is -1.31. The van der Waals surface area contributed by atoms with E-state index in [9.17, 15) is 29.7 Å². The van der Waals surface area contributed by atoms with Gasteiger partial charge in [0.15, 0.2) is 6.17 Å². The fraction of sp³-hybridized carbons (Fsp3) is 0.214. The van der Waals surface area contributed by atoms with Crippen molar-refractivity contribution in [2.75, 3.05) is 16.8 Å². The SMILES string of the molecule is CC(=NNC(=O)CN1C(=O)N(c2cccc(Cl)c2)C(N(O)C(=O)Nc2cccc(Cl)c2)C1(C)C)c1ccc([N+](=O)[O-])cc1. The summed E-state index contributed by atoms with van der Waals surface area (Å²) in [6, 6.07) is 16.6. The van der Waals surface area contributed by atoms with Crippen LogP contribution in [0.1, 0.15) is 26.3 Å². The summed E-state index contributed by atoms with van der Waals surface area (Å²) in [6.45, 7) is 4.30. The van der Waals surface area contributed by atoms with Crippen molar-refractivity contribution in [2.45, 2.75) is 32.5 Å². The average molecular weight is 628 g/mol. The molecule has 43 heavy (non-hydrogen) atoms. The Morgan fingerprint density at radius 1 is 1.07 bits per heavy atom. The molecule has 15 heteroatoms. The first-order valence-corrected chi connectivity index (χ1v) is 13.5. The Labute approximate surface area is 256 Å². The van der Waals surface area contributed by atoms with Crippen molar-refractivity contribution in [1.82, 2.24) is 15.4 Å². The number of carbonyl (C=O) groups excluding carboxylic acids is 3. The van der Waals surface area contributed by atoms with Gasteiger partial charge in [0.1, 0.15) is 6.54 Å². The second-order valence-corrected chi connectivity index (χ2v) is 10.9. The number of urea groups is 2. The van der Waals surface area contributed by atoms with Gasteiger partial charge in [0.25, 0.3) is 11.6 Å². The zero-order valence-electron chi connectivity index (χ0n) is 23.2. The van der Waals surface area contributed by atoms with Crippen LogP contribution in [0.4, 0.5) is 26.7 Å². The number of anilines is 2. The van der Waals surface area contributed by atoms with E-state index in [-0.39, 0.29) is 11.4 Å². The minimum atomic E-state index is -1.33. The Morgan fingerprint density at radius 2 is 1.70 bits per heavy atom. The molecule has 0 saturated carbocycles. The van der Waals surface area contributed by atoms with Crippen LogP contribution < -0.4 is 15.6 Å². The summed E-state index contributed by atoms with van der Waals surface area (Å²) in [4.78, 5) is 52.7. The van der Waals surface area contributed by atoms with Crippen LogP contribution in [-0.4, -0.2) is 62.0 Å². The molecule has 5 amide bonds. The Morgan fingerprint density at radius 3 is 2.30 bits per heavy atom. The Balaban J connectivity index is 1.58. The molecule has 0 radical (unpaired) electrons. The van der Waals surface area contributed by atoms with E-state index in [2.05, 4.69) is 15.8 Å². The van der Waals surface area contributed by atoms with Crippen LogP contribution in [0.25, 0.3) is 0 Å². The smallest absolute Gasteiger partial charge is 0.306 e. The standard InChI is InChI=1S/C28H27Cl2N7O6/c1-17(18-10-12-22(13-11-18)37(42)43)32-33-24(38)16-34-27(40)35(23-9-5-7-20(30)15-23)25(28(34,2)3)36(41)26(39)31-21-8-4-6-19(29)14-21/h4-15,25,41H,16H2,1-3H3,(H,31,39)(H,33,38). The average Bonchev–Trinajstić information content (AvgIpc) is 3.15. The molecule has 0 aromatic heterocycles. The summed E-state index contributed by atoms with van der Waals surface area (Å²) in [5, 5.41) is 29.7. The maximum absolute atomic E-state index is 13.8. The number of hydrazone groups is 1. The summed E-state index contributed by atoms with van der Waals surface area (Å²) in [5.74, 6) is -0.665. The lowest BCUT2D eigenvalue weighted by Crippen LogP contribution is -2.58. The molecule has 224 valence electrons. The van der Waals surface area contributed by atoms with E-state index in [1.165, 1.54) is 46.2 Å². The number of nitro benzene ring substituents is 1. The third kappa shape index (κ3) is 6.85. The number of hydroxylamine groups is 2. The van der Waals surface area contributed by atoms with Crippen LogP contribution in [0, 0.1) is 10.1 Å². The largest absolute Gasteiger partial charge is 0.347 e. The fourth-order valence-corrected chi connectivity index (χ4v) is 4.94. The van der Waals surface area contributed by atoms with Gasteiger partial charge in [0.05, 0.1) is 16.2 Å². The van der Waals surface area contributed by atoms with Crippen molar-refractivity contribution in [3.8, 4) is 0 Å². The molecular formula is C28H27Cl2N7O6. The number of carbonyl (C=O) groups is 3. The number of nitro groups is 1. The van der Waals surface area contributed by atoms with Gasteiger partial charge in [0, 0.05) is 33.6 Å². The van der Waals surface area contributed by atoms with Crippen LogP contribution in [0.2, 0.25) is 10.0 Å². The lowest BCUT2D eigenvalue weighted by atomic mass is 9.99. The molecule has 1 unspecified atom stereocenters. The fourth-order valence-electron chi connectivity index (χ4n) is 4.57. The van der Waals surface area contributed by atoms with Gasteiger partial charge in [-0.2, -0.15) is 10.2 Å². The van der Waals surface area contributed by atoms with Crippen molar-refractivity contribution in [3.05, 3.63) is 98.5 Å². The number of hydrogen-bond donors (Lipinski definition) is 3. The maximum Gasteiger partial charge on any atom is 0.347 e. The van der Waals surface area contributed by atoms with Gasteiger partial charge in [-0.1, -0.05) is 35.3 Å². The van der Waals surface area contributed by atoms with Gasteiger partial charge in [-0.3, -0.25) is 25.0 Å². The lowest BCUT2D eigenvalue weighted by Gasteiger charge is -2.38. The van der Waals surface area contributed by atoms with Crippen LogP contribution in [0.15, 0.2) is 77.9 Å². The highest BCUT2D eigenvalue weighted by molar-refractivity contribution is 6.31. The molecule has 1 heterocycles. The number of nitrogens with one attached hydrogen (secondary N) is 2. The van der Waals surface area contributed by atoms with Crippen molar-refractivity contribution < 1.29 is 24.5 Å². The zero-order valence-corrected chi connectivity index (χ0v) is 24.7. The van der Waals surface area contributed by atoms with E-state index in [0.717, 1.165) is 0 Å². The molecule has 1 saturated heterocycles. The summed E-state index contributed by atoms with van der Waals surface area (Å²) in [7, 11) is 0. The van der Waals surface area contributed by atoms with Crippen LogP contribution >= 0.6 is 23.2 Å². The summed E-state index contributed by atoms with van der Waals surface area (Å²) in [5.41, 5.74) is 2.47. The first-order chi connectivity index (χ1) is 20.3. The number of nitrogens with zero attached hydrogens (tertiary/aromatic N) is 5. The molecular weight excluding hydrogens is 601 g/mol. The Hall–Kier alpha value is -4.72. The summed E-state index contributed by atoms with van der Waals surface area (Å²) >= 11 is 12.2. The molecule has 0 bridgehead atoms. The first-order valence-electron chi connectivity index (χ1n) is 12.8. The lowest BCUT2D eigenvalue weighted by molar-refractivity contribution is -0.384. The normalized spacial score (nSPS) is 16.2. The number of benzene rings is 3. The molecule has 4 rings (SSSR count). The van der Waals surface area contributed by atoms with Crippen molar-refractivity contribution in [3.63, 3.8) is 0 Å². The highest BCUT2D eigenvalue weighted by atomic mass is 35.5. The molecule has 3 aromatic carbocycles. The highest BCUT2D eigenvalue weighted by Crippen LogP contribution is 2.38. The van der Waals surface area contributed by atoms with Gasteiger partial charge in [-0.05, 0) is 74.9 Å². The number of halogens is 2. The minimum Gasteiger partial charge on any atom is -0.306 e. The predicted molar refractivity (Wildman–Crippen MR) is 161 cm³/mol. The van der Waals surface area contributed by atoms with Crippen molar-refractivity contribution in [1.29, 1.82) is 0 Å².